The maximum Gasteiger partial charge on any atom is 0.223 e. The van der Waals surface area contributed by atoms with Gasteiger partial charge in [-0.1, -0.05) is 23.2 Å². The third-order valence-corrected chi connectivity index (χ3v) is 3.59. The molecule has 1 aliphatic carbocycles. The van der Waals surface area contributed by atoms with Gasteiger partial charge in [0.2, 0.25) is 5.91 Å². The normalized spacial score (nSPS) is 21.1. The van der Waals surface area contributed by atoms with Crippen molar-refractivity contribution < 1.29 is 4.79 Å². The van der Waals surface area contributed by atoms with E-state index in [9.17, 15) is 4.79 Å². The largest absolute Gasteiger partial charge is 0.354 e. The molecule has 112 valence electrons. The van der Waals surface area contributed by atoms with Crippen LogP contribution < -0.4 is 11.1 Å². The van der Waals surface area contributed by atoms with Crippen LogP contribution in [0.4, 0.5) is 0 Å². The molecular formula is C14H19Cl3N2O. The smallest absolute Gasteiger partial charge is 0.223 e. The van der Waals surface area contributed by atoms with Gasteiger partial charge in [0.25, 0.3) is 0 Å². The van der Waals surface area contributed by atoms with E-state index in [1.807, 2.05) is 26.0 Å². The Morgan fingerprint density at radius 3 is 2.40 bits per heavy atom. The second-order valence-electron chi connectivity index (χ2n) is 5.86. The minimum absolute atomic E-state index is 0. The van der Waals surface area contributed by atoms with Crippen molar-refractivity contribution in [2.24, 2.45) is 11.7 Å². The minimum Gasteiger partial charge on any atom is -0.354 e. The Balaban J connectivity index is 0.00000200. The van der Waals surface area contributed by atoms with Crippen molar-refractivity contribution in [3.8, 4) is 0 Å². The Labute approximate surface area is 135 Å². The van der Waals surface area contributed by atoms with Gasteiger partial charge in [-0.3, -0.25) is 4.79 Å². The lowest BCUT2D eigenvalue weighted by atomic mass is 10.1. The quantitative estimate of drug-likeness (QED) is 0.885. The van der Waals surface area contributed by atoms with E-state index in [4.69, 9.17) is 28.9 Å². The summed E-state index contributed by atoms with van der Waals surface area (Å²) in [6, 6.07) is 5.44. The van der Waals surface area contributed by atoms with Crippen LogP contribution in [0, 0.1) is 5.92 Å². The van der Waals surface area contributed by atoms with Gasteiger partial charge in [0, 0.05) is 28.0 Å². The van der Waals surface area contributed by atoms with E-state index < -0.39 is 0 Å². The predicted octanol–water partition coefficient (Wildman–Crippen LogP) is 3.37. The molecule has 0 bridgehead atoms. The summed E-state index contributed by atoms with van der Waals surface area (Å²) in [5.41, 5.74) is 6.48. The Morgan fingerprint density at radius 2 is 1.90 bits per heavy atom. The first-order valence-corrected chi connectivity index (χ1v) is 7.04. The highest BCUT2D eigenvalue weighted by atomic mass is 35.5. The molecule has 2 atom stereocenters. The van der Waals surface area contributed by atoms with Gasteiger partial charge in [0.1, 0.15) is 0 Å². The van der Waals surface area contributed by atoms with E-state index in [-0.39, 0.29) is 35.7 Å². The highest BCUT2D eigenvalue weighted by Gasteiger charge is 2.44. The molecule has 0 aromatic heterocycles. The number of nitrogens with one attached hydrogen (secondary N) is 1. The van der Waals surface area contributed by atoms with Gasteiger partial charge in [-0.15, -0.1) is 12.4 Å². The number of halogens is 3. The van der Waals surface area contributed by atoms with Gasteiger partial charge in [0.15, 0.2) is 0 Å². The first kappa shape index (κ1) is 17.6. The number of amides is 1. The Bertz CT molecular complexity index is 479. The molecule has 3 nitrogen and oxygen atoms in total. The average molecular weight is 338 g/mol. The molecule has 0 spiro atoms. The van der Waals surface area contributed by atoms with Crippen LogP contribution in [-0.4, -0.2) is 18.0 Å². The van der Waals surface area contributed by atoms with Gasteiger partial charge in [-0.2, -0.15) is 0 Å². The van der Waals surface area contributed by atoms with Crippen molar-refractivity contribution in [3.63, 3.8) is 0 Å². The van der Waals surface area contributed by atoms with Crippen molar-refractivity contribution in [3.05, 3.63) is 33.8 Å². The zero-order chi connectivity index (χ0) is 14.2. The van der Waals surface area contributed by atoms with Gasteiger partial charge in [0.05, 0.1) is 0 Å². The summed E-state index contributed by atoms with van der Waals surface area (Å²) in [5, 5.41) is 4.10. The standard InChI is InChI=1S/C14H18Cl2N2O.ClH/c1-14(2,17)7-18-13(19)12-6-11(12)8-3-9(15)5-10(16)4-8;/h3-5,11-12H,6-7,17H2,1-2H3,(H,18,19);1H. The number of benzene rings is 1. The van der Waals surface area contributed by atoms with Crippen LogP contribution in [0.1, 0.15) is 31.7 Å². The van der Waals surface area contributed by atoms with E-state index in [1.165, 1.54) is 0 Å². The van der Waals surface area contributed by atoms with E-state index in [2.05, 4.69) is 5.32 Å². The molecule has 1 aromatic carbocycles. The van der Waals surface area contributed by atoms with Crippen LogP contribution in [-0.2, 0) is 4.79 Å². The number of hydrogen-bond donors (Lipinski definition) is 2. The van der Waals surface area contributed by atoms with Crippen molar-refractivity contribution in [2.45, 2.75) is 31.7 Å². The summed E-state index contributed by atoms with van der Waals surface area (Å²) in [6.07, 6.45) is 0.841. The Hall–Kier alpha value is -0.480. The summed E-state index contributed by atoms with van der Waals surface area (Å²) in [6.45, 7) is 4.24. The van der Waals surface area contributed by atoms with Crippen LogP contribution in [0.3, 0.4) is 0 Å². The topological polar surface area (TPSA) is 55.1 Å². The summed E-state index contributed by atoms with van der Waals surface area (Å²) < 4.78 is 0. The third kappa shape index (κ3) is 4.81. The third-order valence-electron chi connectivity index (χ3n) is 3.16. The fourth-order valence-corrected chi connectivity index (χ4v) is 2.63. The summed E-state index contributed by atoms with van der Waals surface area (Å²) in [7, 11) is 0. The summed E-state index contributed by atoms with van der Waals surface area (Å²) >= 11 is 11.9. The van der Waals surface area contributed by atoms with Crippen molar-refractivity contribution in [1.82, 2.24) is 5.32 Å². The molecule has 0 saturated heterocycles. The molecule has 6 heteroatoms. The molecule has 2 rings (SSSR count). The summed E-state index contributed by atoms with van der Waals surface area (Å²) in [4.78, 5) is 12.0. The maximum atomic E-state index is 12.0. The van der Waals surface area contributed by atoms with Crippen LogP contribution in [0.15, 0.2) is 18.2 Å². The van der Waals surface area contributed by atoms with Gasteiger partial charge < -0.3 is 11.1 Å². The first-order valence-electron chi connectivity index (χ1n) is 6.29. The van der Waals surface area contributed by atoms with E-state index in [0.29, 0.717) is 16.6 Å². The zero-order valence-corrected chi connectivity index (χ0v) is 13.8. The lowest BCUT2D eigenvalue weighted by molar-refractivity contribution is -0.122. The highest BCUT2D eigenvalue weighted by Crippen LogP contribution is 2.48. The molecule has 0 radical (unpaired) electrons. The number of nitrogens with two attached hydrogens (primary N) is 1. The van der Waals surface area contributed by atoms with Crippen LogP contribution in [0.5, 0.6) is 0 Å². The van der Waals surface area contributed by atoms with Crippen LogP contribution in [0.2, 0.25) is 10.0 Å². The lowest BCUT2D eigenvalue weighted by Crippen LogP contribution is -2.45. The lowest BCUT2D eigenvalue weighted by Gasteiger charge is -2.18. The molecule has 0 aliphatic heterocycles. The van der Waals surface area contributed by atoms with Crippen LogP contribution in [0.25, 0.3) is 0 Å². The van der Waals surface area contributed by atoms with Crippen molar-refractivity contribution in [1.29, 1.82) is 0 Å². The molecule has 1 saturated carbocycles. The molecular weight excluding hydrogens is 319 g/mol. The minimum atomic E-state index is -0.389. The molecule has 1 aliphatic rings. The second-order valence-corrected chi connectivity index (χ2v) is 6.73. The van der Waals surface area contributed by atoms with E-state index >= 15 is 0 Å². The highest BCUT2D eigenvalue weighted by molar-refractivity contribution is 6.34. The Kier molecular flexibility index (Phi) is 5.73. The fraction of sp³-hybridized carbons (Fsp3) is 0.500. The molecule has 2 unspecified atom stereocenters. The molecule has 1 fully saturated rings. The van der Waals surface area contributed by atoms with Crippen LogP contribution >= 0.6 is 35.6 Å². The van der Waals surface area contributed by atoms with E-state index in [0.717, 1.165) is 12.0 Å². The van der Waals surface area contributed by atoms with Gasteiger partial charge in [-0.05, 0) is 49.9 Å². The first-order chi connectivity index (χ1) is 8.76. The number of hydrogen-bond acceptors (Lipinski definition) is 2. The average Bonchev–Trinajstić information content (AvgIpc) is 3.03. The monoisotopic (exact) mass is 336 g/mol. The van der Waals surface area contributed by atoms with E-state index in [1.54, 1.807) is 6.07 Å². The number of carbonyl (C=O) groups excluding carboxylic acids is 1. The van der Waals surface area contributed by atoms with Crippen molar-refractivity contribution >= 4 is 41.5 Å². The zero-order valence-electron chi connectivity index (χ0n) is 11.5. The van der Waals surface area contributed by atoms with Gasteiger partial charge in [-0.25, -0.2) is 0 Å². The molecule has 1 amide bonds. The van der Waals surface area contributed by atoms with Gasteiger partial charge >= 0.3 is 0 Å². The summed E-state index contributed by atoms with van der Waals surface area (Å²) in [5.74, 6) is 0.286. The van der Waals surface area contributed by atoms with Crippen molar-refractivity contribution in [2.75, 3.05) is 6.54 Å². The molecule has 1 aromatic rings. The maximum absolute atomic E-state index is 12.0. The Morgan fingerprint density at radius 1 is 1.35 bits per heavy atom. The number of rotatable bonds is 4. The fourth-order valence-electron chi connectivity index (χ4n) is 2.09. The predicted molar refractivity (Wildman–Crippen MR) is 85.8 cm³/mol. The SMILES string of the molecule is CC(C)(N)CNC(=O)C1CC1c1cc(Cl)cc(Cl)c1.Cl. The molecule has 0 heterocycles. The number of carbonyl (C=O) groups is 1. The molecule has 20 heavy (non-hydrogen) atoms. The second kappa shape index (κ2) is 6.52. The molecule has 3 N–H and O–H groups in total.